The molecule has 0 aliphatic carbocycles. The lowest BCUT2D eigenvalue weighted by molar-refractivity contribution is -0.141. The van der Waals surface area contributed by atoms with Crippen LogP contribution in [0, 0.1) is 0 Å². The van der Waals surface area contributed by atoms with Gasteiger partial charge in [0.05, 0.1) is 14.2 Å². The van der Waals surface area contributed by atoms with Crippen LogP contribution in [0.15, 0.2) is 11.2 Å². The number of carbonyl (C=O) groups is 2. The topological polar surface area (TPSA) is 72.8 Å². The van der Waals surface area contributed by atoms with Crippen molar-refractivity contribution in [2.45, 2.75) is 0 Å². The van der Waals surface area contributed by atoms with Crippen molar-refractivity contribution in [1.82, 2.24) is 0 Å². The van der Waals surface area contributed by atoms with Gasteiger partial charge in [-0.1, -0.05) is 0 Å². The smallest absolute Gasteiger partial charge is 0.372 e. The van der Waals surface area contributed by atoms with E-state index >= 15 is 0 Å². The van der Waals surface area contributed by atoms with Crippen LogP contribution in [-0.2, 0) is 19.1 Å². The van der Waals surface area contributed by atoms with Gasteiger partial charge in [-0.15, -0.1) is 0 Å². The highest BCUT2D eigenvalue weighted by molar-refractivity contribution is 6.37. The van der Waals surface area contributed by atoms with Crippen molar-refractivity contribution in [2.75, 3.05) is 14.2 Å². The van der Waals surface area contributed by atoms with Crippen LogP contribution in [0.4, 0.5) is 0 Å². The first-order chi connectivity index (χ1) is 5.54. The van der Waals surface area contributed by atoms with Crippen molar-refractivity contribution in [1.29, 1.82) is 0 Å². The van der Waals surface area contributed by atoms with Gasteiger partial charge in [0, 0.05) is 5.47 Å². The van der Waals surface area contributed by atoms with Gasteiger partial charge in [0.2, 0.25) is 5.76 Å². The fourth-order valence-corrected chi connectivity index (χ4v) is 0.413. The summed E-state index contributed by atoms with van der Waals surface area (Å²) in [5.41, 5.74) is -0.677. The number of aliphatic hydroxyl groups excluding tert-OH is 1. The predicted octanol–water partition coefficient (Wildman–Crippen LogP) is -0.730. The first-order valence-corrected chi connectivity index (χ1v) is 2.90. The van der Waals surface area contributed by atoms with E-state index in [-0.39, 0.29) is 0 Å². The molecule has 0 bridgehead atoms. The van der Waals surface area contributed by atoms with Crippen LogP contribution in [0.1, 0.15) is 0 Å². The highest BCUT2D eigenvalue weighted by Gasteiger charge is 2.16. The molecule has 2 radical (unpaired) electrons. The van der Waals surface area contributed by atoms with Crippen molar-refractivity contribution < 1.29 is 24.2 Å². The molecule has 0 aromatic carbocycles. The number of carbonyl (C=O) groups excluding carboxylic acids is 2. The lowest BCUT2D eigenvalue weighted by atomic mass is 9.94. The van der Waals surface area contributed by atoms with E-state index in [1.807, 2.05) is 0 Å². The molecule has 0 fully saturated rings. The molecule has 0 aliphatic heterocycles. The molecule has 0 aromatic heterocycles. The van der Waals surface area contributed by atoms with Crippen LogP contribution in [0.2, 0.25) is 0 Å². The van der Waals surface area contributed by atoms with E-state index in [1.54, 1.807) is 0 Å². The molecule has 0 spiro atoms. The summed E-state index contributed by atoms with van der Waals surface area (Å²) in [6.45, 7) is 0. The van der Waals surface area contributed by atoms with Crippen LogP contribution in [0.25, 0.3) is 0 Å². The zero-order valence-electron chi connectivity index (χ0n) is 6.66. The lowest BCUT2D eigenvalue weighted by Crippen LogP contribution is -2.14. The Labute approximate surface area is 70.4 Å². The van der Waals surface area contributed by atoms with Crippen molar-refractivity contribution in [3.63, 3.8) is 0 Å². The number of hydrogen-bond donors (Lipinski definition) is 1. The van der Waals surface area contributed by atoms with Gasteiger partial charge in [0.25, 0.3) is 0 Å². The highest BCUT2D eigenvalue weighted by atomic mass is 16.5. The van der Waals surface area contributed by atoms with E-state index in [2.05, 4.69) is 9.47 Å². The number of rotatable bonds is 2. The molecule has 0 aromatic rings. The Bertz CT molecular complexity index is 208. The van der Waals surface area contributed by atoms with Crippen LogP contribution < -0.4 is 0 Å². The van der Waals surface area contributed by atoms with Crippen molar-refractivity contribution in [2.24, 2.45) is 0 Å². The van der Waals surface area contributed by atoms with Gasteiger partial charge in [0.15, 0.2) is 0 Å². The Kier molecular flexibility index (Phi) is 3.89. The summed E-state index contributed by atoms with van der Waals surface area (Å²) in [5.74, 6) is -3.03. The van der Waals surface area contributed by atoms with Gasteiger partial charge in [0.1, 0.15) is 7.85 Å². The monoisotopic (exact) mass is 170 g/mol. The standard InChI is InChI=1S/C6H7BO5/c1-11-5(9)3(7)4(8)6(10)12-2/h8H,1-2H3/b4-3+. The minimum absolute atomic E-state index is 0.677. The molecular formula is C6H7BO5. The maximum atomic E-state index is 10.6. The van der Waals surface area contributed by atoms with Gasteiger partial charge in [-0.05, 0) is 0 Å². The Balaban J connectivity index is 4.68. The second-order valence-electron chi connectivity index (χ2n) is 1.75. The Hall–Kier alpha value is -1.46. The molecule has 1 N–H and O–H groups in total. The van der Waals surface area contributed by atoms with Crippen molar-refractivity contribution >= 4 is 19.8 Å². The minimum Gasteiger partial charge on any atom is -0.502 e. The lowest BCUT2D eigenvalue weighted by Gasteiger charge is -2.02. The molecule has 12 heavy (non-hydrogen) atoms. The van der Waals surface area contributed by atoms with Crippen LogP contribution in [0.5, 0.6) is 0 Å². The molecule has 0 atom stereocenters. The third-order valence-corrected chi connectivity index (χ3v) is 1.04. The molecule has 0 aliphatic rings. The summed E-state index contributed by atoms with van der Waals surface area (Å²) in [4.78, 5) is 21.2. The van der Waals surface area contributed by atoms with Crippen molar-refractivity contribution in [3.05, 3.63) is 11.2 Å². The van der Waals surface area contributed by atoms with Gasteiger partial charge < -0.3 is 14.6 Å². The number of esters is 2. The third kappa shape index (κ3) is 2.30. The maximum Gasteiger partial charge on any atom is 0.372 e. The highest BCUT2D eigenvalue weighted by Crippen LogP contribution is 2.00. The summed E-state index contributed by atoms with van der Waals surface area (Å²) < 4.78 is 8.23. The van der Waals surface area contributed by atoms with E-state index in [4.69, 9.17) is 13.0 Å². The fraction of sp³-hybridized carbons (Fsp3) is 0.333. The molecule has 0 amide bonds. The van der Waals surface area contributed by atoms with E-state index in [0.717, 1.165) is 14.2 Å². The van der Waals surface area contributed by atoms with Crippen LogP contribution in [0.3, 0.4) is 0 Å². The summed E-state index contributed by atoms with van der Waals surface area (Å²) in [6, 6.07) is 0. The molecule has 6 heteroatoms. The number of hydrogen-bond acceptors (Lipinski definition) is 5. The predicted molar refractivity (Wildman–Crippen MR) is 39.4 cm³/mol. The summed E-state index contributed by atoms with van der Waals surface area (Å²) in [6.07, 6.45) is 0. The Morgan fingerprint density at radius 1 is 1.17 bits per heavy atom. The number of aliphatic hydroxyl groups is 1. The van der Waals surface area contributed by atoms with Gasteiger partial charge in [-0.2, -0.15) is 0 Å². The van der Waals surface area contributed by atoms with E-state index in [9.17, 15) is 9.59 Å². The second kappa shape index (κ2) is 4.43. The van der Waals surface area contributed by atoms with E-state index in [0.29, 0.717) is 0 Å². The SMILES string of the molecule is [B]/C(C(=O)OC)=C(/O)C(=O)OC. The average molecular weight is 170 g/mol. The first-order valence-electron chi connectivity index (χ1n) is 2.90. The third-order valence-electron chi connectivity index (χ3n) is 1.04. The summed E-state index contributed by atoms with van der Waals surface area (Å²) >= 11 is 0. The molecule has 0 saturated carbocycles. The molecule has 0 saturated heterocycles. The Morgan fingerprint density at radius 3 is 1.92 bits per heavy atom. The second-order valence-corrected chi connectivity index (χ2v) is 1.75. The fourth-order valence-electron chi connectivity index (χ4n) is 0.413. The molecular weight excluding hydrogens is 163 g/mol. The summed E-state index contributed by atoms with van der Waals surface area (Å²) in [5, 5.41) is 8.87. The minimum atomic E-state index is -1.09. The number of methoxy groups -OCH3 is 2. The van der Waals surface area contributed by atoms with E-state index in [1.165, 1.54) is 0 Å². The largest absolute Gasteiger partial charge is 0.502 e. The van der Waals surface area contributed by atoms with E-state index < -0.39 is 23.2 Å². The maximum absolute atomic E-state index is 10.6. The van der Waals surface area contributed by atoms with Gasteiger partial charge in [-0.25, -0.2) is 9.59 Å². The molecule has 0 heterocycles. The molecule has 0 unspecified atom stereocenters. The van der Waals surface area contributed by atoms with Crippen LogP contribution in [-0.4, -0.2) is 39.1 Å². The number of ether oxygens (including phenoxy) is 2. The Morgan fingerprint density at radius 2 is 1.58 bits per heavy atom. The van der Waals surface area contributed by atoms with Gasteiger partial charge >= 0.3 is 11.9 Å². The van der Waals surface area contributed by atoms with Crippen molar-refractivity contribution in [3.8, 4) is 0 Å². The van der Waals surface area contributed by atoms with Crippen LogP contribution >= 0.6 is 0 Å². The molecule has 5 nitrogen and oxygen atoms in total. The summed E-state index contributed by atoms with van der Waals surface area (Å²) in [7, 11) is 7.12. The quantitative estimate of drug-likeness (QED) is 0.256. The average Bonchev–Trinajstić information content (AvgIpc) is 2.12. The zero-order valence-corrected chi connectivity index (χ0v) is 6.66. The molecule has 0 rings (SSSR count). The zero-order chi connectivity index (χ0) is 9.72. The van der Waals surface area contributed by atoms with Gasteiger partial charge in [-0.3, -0.25) is 0 Å². The first kappa shape index (κ1) is 10.5. The normalized spacial score (nSPS) is 11.5. The molecule has 64 valence electrons.